The lowest BCUT2D eigenvalue weighted by atomic mass is 9.99. The van der Waals surface area contributed by atoms with Crippen LogP contribution >= 0.6 is 0 Å². The normalized spacial score (nSPS) is 23.2. The number of nitrogens with one attached hydrogen (secondary N) is 2. The van der Waals surface area contributed by atoms with E-state index in [4.69, 9.17) is 4.42 Å². The Morgan fingerprint density at radius 3 is 3.06 bits per heavy atom. The summed E-state index contributed by atoms with van der Waals surface area (Å²) in [6.07, 6.45) is 2.64. The number of piperidine rings is 1. The lowest BCUT2D eigenvalue weighted by molar-refractivity contribution is 0.333. The van der Waals surface area contributed by atoms with Gasteiger partial charge in [-0.3, -0.25) is 0 Å². The highest BCUT2D eigenvalue weighted by Gasteiger charge is 2.15. The summed E-state index contributed by atoms with van der Waals surface area (Å²) in [5.41, 5.74) is 0. The Labute approximate surface area is 97.6 Å². The number of furan rings is 1. The molecule has 16 heavy (non-hydrogen) atoms. The van der Waals surface area contributed by atoms with Gasteiger partial charge in [0, 0.05) is 0 Å². The number of aryl methyl sites for hydroxylation is 1. The van der Waals surface area contributed by atoms with Crippen LogP contribution in [0.4, 0.5) is 0 Å². The molecule has 0 bridgehead atoms. The van der Waals surface area contributed by atoms with Gasteiger partial charge in [-0.2, -0.15) is 0 Å². The quantitative estimate of drug-likeness (QED) is 0.820. The van der Waals surface area contributed by atoms with E-state index in [0.29, 0.717) is 6.04 Å². The zero-order chi connectivity index (χ0) is 11.4. The predicted molar refractivity (Wildman–Crippen MR) is 65.5 cm³/mol. The third-order valence-electron chi connectivity index (χ3n) is 3.30. The van der Waals surface area contributed by atoms with Gasteiger partial charge in [0.05, 0.1) is 6.04 Å². The Morgan fingerprint density at radius 1 is 1.56 bits per heavy atom. The second-order valence-electron chi connectivity index (χ2n) is 4.79. The van der Waals surface area contributed by atoms with Crippen molar-refractivity contribution < 1.29 is 4.42 Å². The summed E-state index contributed by atoms with van der Waals surface area (Å²) >= 11 is 0. The summed E-state index contributed by atoms with van der Waals surface area (Å²) in [6, 6.07) is 4.40. The third kappa shape index (κ3) is 3.09. The maximum atomic E-state index is 5.61. The van der Waals surface area contributed by atoms with Crippen LogP contribution in [0.25, 0.3) is 0 Å². The van der Waals surface area contributed by atoms with Crippen molar-refractivity contribution in [2.75, 3.05) is 19.6 Å². The molecule has 1 aromatic heterocycles. The molecule has 2 rings (SSSR count). The lowest BCUT2D eigenvalue weighted by Crippen LogP contribution is -2.36. The van der Waals surface area contributed by atoms with Crippen LogP contribution in [0.1, 0.15) is 37.3 Å². The van der Waals surface area contributed by atoms with Crippen LogP contribution in [0.3, 0.4) is 0 Å². The van der Waals surface area contributed by atoms with Gasteiger partial charge in [-0.15, -0.1) is 0 Å². The Kier molecular flexibility index (Phi) is 4.02. The molecule has 1 aliphatic rings. The average Bonchev–Trinajstić information content (AvgIpc) is 2.74. The molecule has 0 aliphatic carbocycles. The number of hydrogen-bond acceptors (Lipinski definition) is 3. The van der Waals surface area contributed by atoms with E-state index in [0.717, 1.165) is 30.5 Å². The molecule has 0 saturated carbocycles. The van der Waals surface area contributed by atoms with E-state index in [1.165, 1.54) is 19.4 Å². The topological polar surface area (TPSA) is 37.2 Å². The highest BCUT2D eigenvalue weighted by Crippen LogP contribution is 2.16. The molecule has 3 heteroatoms. The Balaban J connectivity index is 1.76. The van der Waals surface area contributed by atoms with Crippen molar-refractivity contribution in [3.05, 3.63) is 23.7 Å². The van der Waals surface area contributed by atoms with E-state index >= 15 is 0 Å². The van der Waals surface area contributed by atoms with E-state index in [2.05, 4.69) is 23.6 Å². The molecular weight excluding hydrogens is 200 g/mol. The van der Waals surface area contributed by atoms with Gasteiger partial charge in [-0.05, 0) is 64.4 Å². The van der Waals surface area contributed by atoms with Gasteiger partial charge in [0.1, 0.15) is 11.5 Å². The first-order valence-corrected chi connectivity index (χ1v) is 6.26. The zero-order valence-corrected chi connectivity index (χ0v) is 10.3. The molecule has 2 heterocycles. The summed E-state index contributed by atoms with van der Waals surface area (Å²) in [7, 11) is 0. The minimum Gasteiger partial charge on any atom is -0.465 e. The smallest absolute Gasteiger partial charge is 0.120 e. The van der Waals surface area contributed by atoms with Crippen LogP contribution in [0.5, 0.6) is 0 Å². The van der Waals surface area contributed by atoms with Crippen molar-refractivity contribution in [3.63, 3.8) is 0 Å². The second kappa shape index (κ2) is 5.51. The molecule has 2 atom stereocenters. The van der Waals surface area contributed by atoms with Gasteiger partial charge in [-0.25, -0.2) is 0 Å². The first-order valence-electron chi connectivity index (χ1n) is 6.26. The molecule has 2 N–H and O–H groups in total. The molecule has 1 saturated heterocycles. The molecule has 0 amide bonds. The molecule has 0 radical (unpaired) electrons. The van der Waals surface area contributed by atoms with Crippen LogP contribution in [0, 0.1) is 12.8 Å². The molecule has 1 aromatic rings. The van der Waals surface area contributed by atoms with Crippen LogP contribution in [-0.4, -0.2) is 19.6 Å². The molecular formula is C13H22N2O. The van der Waals surface area contributed by atoms with Crippen molar-refractivity contribution in [1.29, 1.82) is 0 Å². The fraction of sp³-hybridized carbons (Fsp3) is 0.692. The third-order valence-corrected chi connectivity index (χ3v) is 3.30. The fourth-order valence-corrected chi connectivity index (χ4v) is 2.23. The van der Waals surface area contributed by atoms with Gasteiger partial charge in [-0.1, -0.05) is 0 Å². The predicted octanol–water partition coefficient (Wildman–Crippen LogP) is 2.24. The number of hydrogen-bond donors (Lipinski definition) is 2. The van der Waals surface area contributed by atoms with E-state index in [1.54, 1.807) is 0 Å². The Morgan fingerprint density at radius 2 is 2.44 bits per heavy atom. The van der Waals surface area contributed by atoms with Crippen LogP contribution in [0.15, 0.2) is 16.5 Å². The zero-order valence-electron chi connectivity index (χ0n) is 10.3. The molecule has 0 aromatic carbocycles. The van der Waals surface area contributed by atoms with Crippen molar-refractivity contribution in [2.45, 2.75) is 32.7 Å². The molecule has 0 spiro atoms. The summed E-state index contributed by atoms with van der Waals surface area (Å²) in [5.74, 6) is 2.80. The van der Waals surface area contributed by atoms with Gasteiger partial charge in [0.2, 0.25) is 0 Å². The minimum atomic E-state index is 0.315. The molecule has 1 aliphatic heterocycles. The van der Waals surface area contributed by atoms with Gasteiger partial charge < -0.3 is 15.1 Å². The summed E-state index contributed by atoms with van der Waals surface area (Å²) in [5, 5.41) is 6.99. The summed E-state index contributed by atoms with van der Waals surface area (Å²) in [6.45, 7) is 7.56. The van der Waals surface area contributed by atoms with E-state index in [9.17, 15) is 0 Å². The Bertz CT molecular complexity index is 315. The minimum absolute atomic E-state index is 0.315. The van der Waals surface area contributed by atoms with Crippen LogP contribution in [0.2, 0.25) is 0 Å². The monoisotopic (exact) mass is 222 g/mol. The van der Waals surface area contributed by atoms with Gasteiger partial charge in [0.25, 0.3) is 0 Å². The Hall–Kier alpha value is -0.800. The second-order valence-corrected chi connectivity index (χ2v) is 4.79. The molecule has 2 unspecified atom stereocenters. The highest BCUT2D eigenvalue weighted by atomic mass is 16.3. The lowest BCUT2D eigenvalue weighted by Gasteiger charge is -2.24. The van der Waals surface area contributed by atoms with Gasteiger partial charge >= 0.3 is 0 Å². The first-order chi connectivity index (χ1) is 7.75. The fourth-order valence-electron chi connectivity index (χ4n) is 2.23. The van der Waals surface area contributed by atoms with Crippen molar-refractivity contribution in [3.8, 4) is 0 Å². The van der Waals surface area contributed by atoms with Crippen molar-refractivity contribution >= 4 is 0 Å². The summed E-state index contributed by atoms with van der Waals surface area (Å²) in [4.78, 5) is 0. The maximum Gasteiger partial charge on any atom is 0.120 e. The maximum absolute atomic E-state index is 5.61. The SMILES string of the molecule is Cc1ccc(C(C)NCC2CCCNC2)o1. The van der Waals surface area contributed by atoms with E-state index in [-0.39, 0.29) is 0 Å². The van der Waals surface area contributed by atoms with E-state index in [1.807, 2.05) is 13.0 Å². The van der Waals surface area contributed by atoms with Crippen LogP contribution in [-0.2, 0) is 0 Å². The average molecular weight is 222 g/mol. The van der Waals surface area contributed by atoms with Gasteiger partial charge in [0.15, 0.2) is 0 Å². The van der Waals surface area contributed by atoms with E-state index < -0.39 is 0 Å². The molecule has 1 fully saturated rings. The van der Waals surface area contributed by atoms with Crippen molar-refractivity contribution in [1.82, 2.24) is 10.6 Å². The largest absolute Gasteiger partial charge is 0.465 e. The number of rotatable bonds is 4. The van der Waals surface area contributed by atoms with Crippen LogP contribution < -0.4 is 10.6 Å². The standard InChI is InChI=1S/C13H22N2O/c1-10-5-6-13(16-10)11(2)15-9-12-4-3-7-14-8-12/h5-6,11-12,14-15H,3-4,7-9H2,1-2H3. The first kappa shape index (κ1) is 11.7. The highest BCUT2D eigenvalue weighted by molar-refractivity contribution is 5.08. The van der Waals surface area contributed by atoms with Crippen molar-refractivity contribution in [2.24, 2.45) is 5.92 Å². The molecule has 90 valence electrons. The summed E-state index contributed by atoms with van der Waals surface area (Å²) < 4.78 is 5.61. The molecule has 3 nitrogen and oxygen atoms in total.